The summed E-state index contributed by atoms with van der Waals surface area (Å²) in [7, 11) is 5.98. The van der Waals surface area contributed by atoms with Crippen molar-refractivity contribution in [2.45, 2.75) is 95.2 Å². The summed E-state index contributed by atoms with van der Waals surface area (Å²) in [6.45, 7) is 6.96. The number of anilines is 1. The minimum absolute atomic E-state index is 0.0489. The number of methoxy groups -OCH3 is 2. The standard InChI is InChI=1S/C35H48ClN3O10S/c1-19-10-9-11-26(46-8)35(44)18-25(47-33(43)37-35)20(2)31-34(4,49-31)27(48-32(42)21(3)38(5)28(40)12-13-50)17-29(41)39(6)23-15-22(14-19)16-24(45-7)30(23)36/h9-11,15-16,20-21,25-27,31,44,50H,12-14,17-18H2,1-8H3,(H,37,43)/b11-9-,19-10-/t20-,21+,25+,26-,27+,31+,34?,35+/m1/s1. The predicted molar refractivity (Wildman–Crippen MR) is 189 cm³/mol. The van der Waals surface area contributed by atoms with Crippen molar-refractivity contribution in [3.63, 3.8) is 0 Å². The Morgan fingerprint density at radius 2 is 1.98 bits per heavy atom. The van der Waals surface area contributed by atoms with Crippen LogP contribution in [-0.4, -0.2) is 110 Å². The van der Waals surface area contributed by atoms with E-state index in [-0.39, 0.29) is 30.2 Å². The lowest BCUT2D eigenvalue weighted by Crippen LogP contribution is -2.63. The highest BCUT2D eigenvalue weighted by atomic mass is 35.5. The highest BCUT2D eigenvalue weighted by molar-refractivity contribution is 7.80. The average Bonchev–Trinajstić information content (AvgIpc) is 3.76. The largest absolute Gasteiger partial charge is 0.495 e. The van der Waals surface area contributed by atoms with Gasteiger partial charge in [0, 0.05) is 40.0 Å². The van der Waals surface area contributed by atoms with E-state index in [9.17, 15) is 24.3 Å². The van der Waals surface area contributed by atoms with Gasteiger partial charge in [0.25, 0.3) is 0 Å². The van der Waals surface area contributed by atoms with E-state index in [1.807, 2.05) is 13.0 Å². The first-order chi connectivity index (χ1) is 23.5. The van der Waals surface area contributed by atoms with Gasteiger partial charge in [-0.25, -0.2) is 9.59 Å². The number of carbonyl (C=O) groups excluding carboxylic acids is 4. The smallest absolute Gasteiger partial charge is 0.409 e. The van der Waals surface area contributed by atoms with Crippen LogP contribution >= 0.6 is 24.2 Å². The van der Waals surface area contributed by atoms with Gasteiger partial charge in [-0.2, -0.15) is 12.6 Å². The molecule has 0 radical (unpaired) electrons. The second kappa shape index (κ2) is 15.9. The molecule has 1 aromatic rings. The molecule has 0 saturated carbocycles. The van der Waals surface area contributed by atoms with Gasteiger partial charge in [0.15, 0.2) is 5.72 Å². The van der Waals surface area contributed by atoms with Gasteiger partial charge < -0.3 is 38.6 Å². The lowest BCUT2D eigenvalue weighted by molar-refractivity contribution is -0.161. The second-order valence-electron chi connectivity index (χ2n) is 13.4. The number of fused-ring (bicyclic) bond motifs is 5. The molecule has 3 aliphatic heterocycles. The maximum Gasteiger partial charge on any atom is 0.409 e. The Hall–Kier alpha value is -3.30. The number of ether oxygens (including phenoxy) is 5. The van der Waals surface area contributed by atoms with E-state index in [2.05, 4.69) is 17.9 Å². The van der Waals surface area contributed by atoms with E-state index >= 15 is 0 Å². The molecule has 4 bridgehead atoms. The summed E-state index contributed by atoms with van der Waals surface area (Å²) in [4.78, 5) is 55.6. The van der Waals surface area contributed by atoms with Crippen LogP contribution in [-0.2, 0) is 39.8 Å². The van der Waals surface area contributed by atoms with Crippen LogP contribution < -0.4 is 15.0 Å². The van der Waals surface area contributed by atoms with Crippen molar-refractivity contribution in [2.75, 3.05) is 39.0 Å². The molecule has 50 heavy (non-hydrogen) atoms. The molecule has 3 heterocycles. The van der Waals surface area contributed by atoms with Crippen molar-refractivity contribution in [2.24, 2.45) is 5.92 Å². The molecule has 3 aliphatic rings. The van der Waals surface area contributed by atoms with Crippen molar-refractivity contribution >= 4 is 53.8 Å². The number of amides is 3. The third kappa shape index (κ3) is 8.42. The number of hydrogen-bond donors (Lipinski definition) is 3. The molecule has 0 aliphatic carbocycles. The topological polar surface area (TPSA) is 156 Å². The first-order valence-corrected chi connectivity index (χ1v) is 17.5. The first-order valence-electron chi connectivity index (χ1n) is 16.4. The van der Waals surface area contributed by atoms with E-state index < -0.39 is 65.7 Å². The zero-order valence-electron chi connectivity index (χ0n) is 29.7. The number of halogens is 1. The van der Waals surface area contributed by atoms with E-state index in [0.717, 1.165) is 11.1 Å². The Morgan fingerprint density at radius 1 is 1.28 bits per heavy atom. The fourth-order valence-corrected chi connectivity index (χ4v) is 6.99. The average molecular weight is 738 g/mol. The molecule has 3 amide bonds. The van der Waals surface area contributed by atoms with Crippen molar-refractivity contribution in [1.82, 2.24) is 10.2 Å². The maximum absolute atomic E-state index is 14.0. The van der Waals surface area contributed by atoms with Crippen LogP contribution in [0.5, 0.6) is 5.75 Å². The molecule has 4 rings (SSSR count). The number of nitrogens with zero attached hydrogens (tertiary/aromatic N) is 2. The van der Waals surface area contributed by atoms with Crippen LogP contribution in [0.1, 0.15) is 52.5 Å². The Kier molecular flexibility index (Phi) is 12.6. The highest BCUT2D eigenvalue weighted by Crippen LogP contribution is 2.49. The number of benzene rings is 1. The Labute approximate surface area is 303 Å². The predicted octanol–water partition coefficient (Wildman–Crippen LogP) is 3.83. The number of thiol groups is 1. The number of esters is 1. The number of rotatable bonds is 7. The third-order valence-electron chi connectivity index (χ3n) is 9.85. The molecule has 1 aromatic carbocycles. The Balaban J connectivity index is 1.78. The normalized spacial score (nSPS) is 32.3. The summed E-state index contributed by atoms with van der Waals surface area (Å²) in [5.74, 6) is -1.30. The number of nitrogens with one attached hydrogen (secondary N) is 1. The number of likely N-dealkylation sites (N-methyl/N-ethyl adjacent to an activating group) is 1. The maximum atomic E-state index is 14.0. The molecule has 2 fully saturated rings. The number of aliphatic hydroxyl groups is 1. The Bertz CT molecular complexity index is 1540. The van der Waals surface area contributed by atoms with Crippen molar-refractivity contribution in [3.8, 4) is 5.75 Å². The molecule has 0 aromatic heterocycles. The SMILES string of the molecule is COc1cc2cc(c1Cl)N(C)C(=O)C[C@H](OC(=O)[C@H](C)N(C)C(=O)CCS)C1(C)O[C@H]1[C@H](C)[C@@H]1C[C@@](O)(NC(=O)O1)[C@H](OC)/C=C\C=C(\C)C2. The molecule has 8 atom stereocenters. The summed E-state index contributed by atoms with van der Waals surface area (Å²) < 4.78 is 29.0. The molecule has 15 heteroatoms. The van der Waals surface area contributed by atoms with Crippen molar-refractivity contribution < 1.29 is 48.0 Å². The summed E-state index contributed by atoms with van der Waals surface area (Å²) in [5, 5.41) is 14.4. The van der Waals surface area contributed by atoms with Crippen LogP contribution in [0.2, 0.25) is 5.02 Å². The number of carbonyl (C=O) groups is 4. The molecule has 2 N–H and O–H groups in total. The van der Waals surface area contributed by atoms with E-state index in [1.165, 1.54) is 38.0 Å². The summed E-state index contributed by atoms with van der Waals surface area (Å²) in [5.41, 5.74) is -0.903. The molecule has 13 nitrogen and oxygen atoms in total. The van der Waals surface area contributed by atoms with Gasteiger partial charge in [0.2, 0.25) is 11.8 Å². The number of epoxide rings is 1. The van der Waals surface area contributed by atoms with Crippen LogP contribution in [0.15, 0.2) is 35.9 Å². The zero-order valence-corrected chi connectivity index (χ0v) is 31.4. The summed E-state index contributed by atoms with van der Waals surface area (Å²) >= 11 is 10.8. The summed E-state index contributed by atoms with van der Waals surface area (Å²) in [6, 6.07) is 2.60. The van der Waals surface area contributed by atoms with Crippen molar-refractivity contribution in [3.05, 3.63) is 46.5 Å². The lowest BCUT2D eigenvalue weighted by atomic mass is 9.83. The van der Waals surface area contributed by atoms with Gasteiger partial charge in [-0.1, -0.05) is 42.3 Å². The van der Waals surface area contributed by atoms with Crippen LogP contribution in [0.3, 0.4) is 0 Å². The molecule has 276 valence electrons. The number of alkyl carbamates (subject to hydrolysis) is 1. The van der Waals surface area contributed by atoms with Gasteiger partial charge in [-0.3, -0.25) is 14.9 Å². The Morgan fingerprint density at radius 3 is 2.62 bits per heavy atom. The first kappa shape index (κ1) is 39.5. The van der Waals surface area contributed by atoms with Crippen molar-refractivity contribution in [1.29, 1.82) is 0 Å². The third-order valence-corrected chi connectivity index (χ3v) is 10.5. The highest BCUT2D eigenvalue weighted by Gasteiger charge is 2.64. The summed E-state index contributed by atoms with van der Waals surface area (Å²) in [6.07, 6.45) is 1.08. The quantitative estimate of drug-likeness (QED) is 0.214. The molecular weight excluding hydrogens is 690 g/mol. The van der Waals surface area contributed by atoms with Gasteiger partial charge in [-0.05, 0) is 50.6 Å². The van der Waals surface area contributed by atoms with E-state index in [4.69, 9.17) is 35.3 Å². The molecule has 2 saturated heterocycles. The van der Waals surface area contributed by atoms with Crippen LogP contribution in [0.25, 0.3) is 0 Å². The van der Waals surface area contributed by atoms with Crippen LogP contribution in [0.4, 0.5) is 10.5 Å². The fraction of sp³-hybridized carbons (Fsp3) is 0.600. The van der Waals surface area contributed by atoms with Gasteiger partial charge >= 0.3 is 12.1 Å². The molecule has 1 unspecified atom stereocenters. The minimum Gasteiger partial charge on any atom is -0.495 e. The lowest BCUT2D eigenvalue weighted by Gasteiger charge is -2.42. The van der Waals surface area contributed by atoms with E-state index in [0.29, 0.717) is 23.6 Å². The number of allylic oxidation sites excluding steroid dienone is 3. The van der Waals surface area contributed by atoms with Crippen LogP contribution in [0, 0.1) is 5.92 Å². The van der Waals surface area contributed by atoms with Gasteiger partial charge in [0.05, 0.1) is 25.3 Å². The molecule has 0 spiro atoms. The fourth-order valence-electron chi connectivity index (χ4n) is 6.49. The second-order valence-corrected chi connectivity index (χ2v) is 14.2. The zero-order chi connectivity index (χ0) is 37.1. The van der Waals surface area contributed by atoms with E-state index in [1.54, 1.807) is 45.2 Å². The monoisotopic (exact) mass is 737 g/mol. The molecular formula is C35H48ClN3O10S. The van der Waals surface area contributed by atoms with Gasteiger partial charge in [0.1, 0.15) is 40.7 Å². The number of hydrogen-bond acceptors (Lipinski definition) is 11. The van der Waals surface area contributed by atoms with Gasteiger partial charge in [-0.15, -0.1) is 0 Å². The minimum atomic E-state index is -1.82.